The zero-order chi connectivity index (χ0) is 36.7. The van der Waals surface area contributed by atoms with Gasteiger partial charge in [0.05, 0.1) is 13.2 Å². The molecule has 1 heterocycles. The highest BCUT2D eigenvalue weighted by molar-refractivity contribution is 5.83. The molecule has 0 saturated carbocycles. The van der Waals surface area contributed by atoms with Crippen LogP contribution >= 0.6 is 0 Å². The number of carbonyl (C=O) groups is 4. The third-order valence-corrected chi connectivity index (χ3v) is 8.06. The molecule has 17 heteroatoms. The number of amides is 4. The Morgan fingerprint density at radius 3 is 1.84 bits per heavy atom. The molecule has 4 amide bonds. The van der Waals surface area contributed by atoms with Crippen molar-refractivity contribution in [3.8, 4) is 0 Å². The first-order valence-electron chi connectivity index (χ1n) is 17.3. The van der Waals surface area contributed by atoms with Crippen LogP contribution in [0.2, 0.25) is 0 Å². The smallest absolute Gasteiger partial charge is 0.246 e. The lowest BCUT2D eigenvalue weighted by Gasteiger charge is -2.41. The number of hydroxylamine groups is 4. The summed E-state index contributed by atoms with van der Waals surface area (Å²) in [4.78, 5) is 47.0. The second-order valence-electron chi connectivity index (χ2n) is 12.4. The van der Waals surface area contributed by atoms with Gasteiger partial charge in [0.15, 0.2) is 0 Å². The van der Waals surface area contributed by atoms with Crippen LogP contribution in [0.25, 0.3) is 0 Å². The van der Waals surface area contributed by atoms with E-state index >= 15 is 0 Å². The number of carbonyl (C=O) groups excluding carboxylic acids is 4. The van der Waals surface area contributed by atoms with Gasteiger partial charge < -0.3 is 46.4 Å². The van der Waals surface area contributed by atoms with Crippen LogP contribution in [0.3, 0.4) is 0 Å². The normalized spacial score (nSPS) is 20.3. The fourth-order valence-electron chi connectivity index (χ4n) is 4.91. The Morgan fingerprint density at radius 2 is 1.24 bits per heavy atom. The van der Waals surface area contributed by atoms with Gasteiger partial charge in [-0.15, -0.1) is 0 Å². The summed E-state index contributed by atoms with van der Waals surface area (Å²) in [5, 5.41) is 72.4. The highest BCUT2D eigenvalue weighted by atomic mass is 16.6. The van der Waals surface area contributed by atoms with Crippen LogP contribution in [0.1, 0.15) is 90.4 Å². The van der Waals surface area contributed by atoms with Crippen molar-refractivity contribution < 1.29 is 54.8 Å². The van der Waals surface area contributed by atoms with Crippen LogP contribution in [0.15, 0.2) is 12.3 Å². The highest BCUT2D eigenvalue weighted by Gasteiger charge is 2.48. The fourth-order valence-corrected chi connectivity index (χ4v) is 4.91. The first-order valence-corrected chi connectivity index (χ1v) is 17.3. The van der Waals surface area contributed by atoms with Crippen LogP contribution in [0.5, 0.6) is 0 Å². The lowest BCUT2D eigenvalue weighted by Crippen LogP contribution is -2.64. The van der Waals surface area contributed by atoms with Crippen LogP contribution in [0, 0.1) is 0 Å². The molecule has 0 aromatic carbocycles. The predicted octanol–water partition coefficient (Wildman–Crippen LogP) is -0.760. The number of allylic oxidation sites excluding steroid dienone is 1. The summed E-state index contributed by atoms with van der Waals surface area (Å²) >= 11 is 0. The van der Waals surface area contributed by atoms with E-state index in [9.17, 15) is 50.0 Å². The minimum absolute atomic E-state index is 0.0516. The van der Waals surface area contributed by atoms with Gasteiger partial charge in [0.2, 0.25) is 29.4 Å². The standard InChI is InChI=1S/C32H60N6O11/c1-24(12-13-27(41)35-18-8-3-7-17-34-25(2)39)37(47)20-10-5-9-19-36-28(42)14-15-29(43)38(48)21-11-4-6-16-33-23-32(46)31(45)30(44)26(40)22-49-32/h26,30-31,33,40,44-48H,1,3-23H2,2H3,(H,34,39)(H,35,41)(H,36,42). The fraction of sp³-hybridized carbons (Fsp3) is 0.812. The molecule has 284 valence electrons. The third-order valence-electron chi connectivity index (χ3n) is 8.06. The lowest BCUT2D eigenvalue weighted by atomic mass is 9.97. The first kappa shape index (κ1) is 44.1. The van der Waals surface area contributed by atoms with Gasteiger partial charge in [0, 0.05) is 64.6 Å². The Kier molecular flexibility index (Phi) is 22.6. The van der Waals surface area contributed by atoms with Crippen molar-refractivity contribution in [3.05, 3.63) is 12.3 Å². The van der Waals surface area contributed by atoms with Gasteiger partial charge in [0.1, 0.15) is 18.3 Å². The molecule has 4 unspecified atom stereocenters. The van der Waals surface area contributed by atoms with E-state index < -0.39 is 30.0 Å². The quantitative estimate of drug-likeness (QED) is 0.0287. The molecule has 0 aliphatic carbocycles. The maximum atomic E-state index is 12.1. The Bertz CT molecular complexity index is 1010. The van der Waals surface area contributed by atoms with Crippen molar-refractivity contribution in [2.45, 2.75) is 114 Å². The SMILES string of the molecule is C=C(CCC(=O)NCCCCCNC(C)=O)N(O)CCCCCNC(=O)CCC(=O)N(O)CCCCCNCC1(O)OCC(O)C(O)C1O. The summed E-state index contributed by atoms with van der Waals surface area (Å²) in [5.41, 5.74) is 0.450. The summed E-state index contributed by atoms with van der Waals surface area (Å²) in [6, 6.07) is 0. The molecular weight excluding hydrogens is 644 g/mol. The molecule has 0 aromatic heterocycles. The molecule has 1 rings (SSSR count). The van der Waals surface area contributed by atoms with Crippen molar-refractivity contribution in [2.24, 2.45) is 0 Å². The average molecular weight is 705 g/mol. The monoisotopic (exact) mass is 704 g/mol. The maximum absolute atomic E-state index is 12.1. The third kappa shape index (κ3) is 19.8. The summed E-state index contributed by atoms with van der Waals surface area (Å²) in [7, 11) is 0. The first-order chi connectivity index (χ1) is 23.3. The Hall–Kier alpha value is -2.90. The molecule has 1 saturated heterocycles. The molecule has 10 N–H and O–H groups in total. The zero-order valence-electron chi connectivity index (χ0n) is 28.9. The predicted molar refractivity (Wildman–Crippen MR) is 178 cm³/mol. The minimum atomic E-state index is -2.01. The van der Waals surface area contributed by atoms with Crippen molar-refractivity contribution in [1.29, 1.82) is 0 Å². The van der Waals surface area contributed by atoms with Gasteiger partial charge in [0.25, 0.3) is 0 Å². The van der Waals surface area contributed by atoms with Crippen molar-refractivity contribution in [3.63, 3.8) is 0 Å². The van der Waals surface area contributed by atoms with Gasteiger partial charge in [-0.2, -0.15) is 0 Å². The number of hydrogen-bond acceptors (Lipinski definition) is 13. The molecule has 1 fully saturated rings. The molecular formula is C32H60N6O11. The Balaban J connectivity index is 2.00. The van der Waals surface area contributed by atoms with E-state index in [2.05, 4.69) is 27.8 Å². The van der Waals surface area contributed by atoms with Crippen molar-refractivity contribution in [1.82, 2.24) is 31.4 Å². The molecule has 0 spiro atoms. The number of aliphatic hydroxyl groups is 4. The molecule has 1 aliphatic heterocycles. The highest BCUT2D eigenvalue weighted by Crippen LogP contribution is 2.23. The molecule has 17 nitrogen and oxygen atoms in total. The summed E-state index contributed by atoms with van der Waals surface area (Å²) < 4.78 is 5.07. The van der Waals surface area contributed by atoms with Gasteiger partial charge in [-0.3, -0.25) is 34.7 Å². The minimum Gasteiger partial charge on any atom is -0.388 e. The number of unbranched alkanes of at least 4 members (excludes halogenated alkanes) is 6. The Labute approximate surface area is 289 Å². The largest absolute Gasteiger partial charge is 0.388 e. The number of rotatable bonds is 27. The average Bonchev–Trinajstić information content (AvgIpc) is 3.07. The van der Waals surface area contributed by atoms with E-state index in [0.717, 1.165) is 30.7 Å². The van der Waals surface area contributed by atoms with Gasteiger partial charge in [-0.1, -0.05) is 13.0 Å². The topological polar surface area (TPSA) is 253 Å². The molecule has 0 radical (unpaired) electrons. The number of nitrogens with one attached hydrogen (secondary N) is 4. The number of hydrogen-bond donors (Lipinski definition) is 10. The van der Waals surface area contributed by atoms with Crippen LogP contribution in [0.4, 0.5) is 0 Å². The number of aliphatic hydroxyl groups excluding tert-OH is 3. The lowest BCUT2D eigenvalue weighted by molar-refractivity contribution is -0.317. The van der Waals surface area contributed by atoms with Gasteiger partial charge >= 0.3 is 0 Å². The van der Waals surface area contributed by atoms with Crippen LogP contribution < -0.4 is 21.3 Å². The summed E-state index contributed by atoms with van der Waals surface area (Å²) in [6.45, 7) is 7.33. The number of nitrogens with zero attached hydrogens (tertiary/aromatic N) is 2. The van der Waals surface area contributed by atoms with Crippen LogP contribution in [-0.4, -0.2) is 141 Å². The van der Waals surface area contributed by atoms with Crippen LogP contribution in [-0.2, 0) is 23.9 Å². The second kappa shape index (κ2) is 25.1. The number of ether oxygens (including phenoxy) is 1. The van der Waals surface area contributed by atoms with Crippen molar-refractivity contribution in [2.75, 3.05) is 52.4 Å². The molecule has 4 atom stereocenters. The van der Waals surface area contributed by atoms with E-state index in [1.165, 1.54) is 6.92 Å². The van der Waals surface area contributed by atoms with E-state index in [1.807, 2.05) is 0 Å². The van der Waals surface area contributed by atoms with E-state index in [-0.39, 0.29) is 56.7 Å². The molecule has 49 heavy (non-hydrogen) atoms. The molecule has 0 bridgehead atoms. The molecule has 0 aromatic rings. The van der Waals surface area contributed by atoms with Gasteiger partial charge in [-0.05, 0) is 64.3 Å². The van der Waals surface area contributed by atoms with E-state index in [4.69, 9.17) is 4.74 Å². The van der Waals surface area contributed by atoms with E-state index in [1.54, 1.807) is 0 Å². The van der Waals surface area contributed by atoms with Gasteiger partial charge in [-0.25, -0.2) is 5.06 Å². The second-order valence-corrected chi connectivity index (χ2v) is 12.4. The molecule has 1 aliphatic rings. The summed E-state index contributed by atoms with van der Waals surface area (Å²) in [5.74, 6) is -3.04. The summed E-state index contributed by atoms with van der Waals surface area (Å²) in [6.07, 6.45) is 2.32. The van der Waals surface area contributed by atoms with Crippen molar-refractivity contribution >= 4 is 23.6 Å². The van der Waals surface area contributed by atoms with E-state index in [0.29, 0.717) is 82.0 Å². The zero-order valence-corrected chi connectivity index (χ0v) is 28.9. The Morgan fingerprint density at radius 1 is 0.735 bits per heavy atom. The maximum Gasteiger partial charge on any atom is 0.246 e.